The summed E-state index contributed by atoms with van der Waals surface area (Å²) in [7, 11) is 0. The van der Waals surface area contributed by atoms with Gasteiger partial charge in [-0.2, -0.15) is 0 Å². The molecule has 0 aromatic heterocycles. The van der Waals surface area contributed by atoms with Gasteiger partial charge in [0, 0.05) is 17.9 Å². The van der Waals surface area contributed by atoms with Crippen LogP contribution in [0.1, 0.15) is 12.5 Å². The average molecular weight is 241 g/mol. The predicted octanol–water partition coefficient (Wildman–Crippen LogP) is 3.32. The lowest BCUT2D eigenvalue weighted by molar-refractivity contribution is 1.02. The van der Waals surface area contributed by atoms with Gasteiger partial charge in [0.25, 0.3) is 0 Å². The summed E-state index contributed by atoms with van der Waals surface area (Å²) < 4.78 is 0. The van der Waals surface area contributed by atoms with Crippen LogP contribution in [0.15, 0.2) is 42.5 Å². The van der Waals surface area contributed by atoms with E-state index >= 15 is 0 Å². The third-order valence-electron chi connectivity index (χ3n) is 3.10. The minimum atomic E-state index is 0.625. The van der Waals surface area contributed by atoms with Crippen LogP contribution in [0.3, 0.4) is 0 Å². The maximum Gasteiger partial charge on any atom is 0.0568 e. The van der Waals surface area contributed by atoms with Crippen LogP contribution in [-0.4, -0.2) is 6.54 Å². The SMILES string of the molecule is CCN(c1ccc(N)c(N)c1)c1ccccc1C. The van der Waals surface area contributed by atoms with Crippen molar-refractivity contribution in [3.8, 4) is 0 Å². The molecule has 2 aromatic rings. The van der Waals surface area contributed by atoms with Gasteiger partial charge in [0.2, 0.25) is 0 Å². The second-order valence-electron chi connectivity index (χ2n) is 4.34. The number of hydrogen-bond acceptors (Lipinski definition) is 3. The minimum Gasteiger partial charge on any atom is -0.397 e. The lowest BCUT2D eigenvalue weighted by atomic mass is 10.1. The van der Waals surface area contributed by atoms with Gasteiger partial charge < -0.3 is 16.4 Å². The summed E-state index contributed by atoms with van der Waals surface area (Å²) in [5.74, 6) is 0. The fourth-order valence-electron chi connectivity index (χ4n) is 2.09. The van der Waals surface area contributed by atoms with Crippen molar-refractivity contribution in [3.63, 3.8) is 0 Å². The Balaban J connectivity index is 2.45. The molecular weight excluding hydrogens is 222 g/mol. The standard InChI is InChI=1S/C15H19N3/c1-3-18(15-7-5-4-6-11(15)2)12-8-9-13(16)14(17)10-12/h4-10H,3,16-17H2,1-2H3. The van der Waals surface area contributed by atoms with Crippen LogP contribution in [0, 0.1) is 6.92 Å². The molecule has 3 nitrogen and oxygen atoms in total. The maximum absolute atomic E-state index is 5.88. The first-order valence-corrected chi connectivity index (χ1v) is 6.11. The Kier molecular flexibility index (Phi) is 3.42. The summed E-state index contributed by atoms with van der Waals surface area (Å²) in [6.45, 7) is 5.12. The molecule has 0 radical (unpaired) electrons. The first kappa shape index (κ1) is 12.3. The van der Waals surface area contributed by atoms with Gasteiger partial charge in [-0.15, -0.1) is 0 Å². The fraction of sp³-hybridized carbons (Fsp3) is 0.200. The first-order chi connectivity index (χ1) is 8.63. The molecule has 0 aliphatic rings. The van der Waals surface area contributed by atoms with Crippen molar-refractivity contribution in [3.05, 3.63) is 48.0 Å². The van der Waals surface area contributed by atoms with Crippen LogP contribution < -0.4 is 16.4 Å². The fourth-order valence-corrected chi connectivity index (χ4v) is 2.09. The van der Waals surface area contributed by atoms with Crippen LogP contribution in [0.5, 0.6) is 0 Å². The molecule has 0 amide bonds. The van der Waals surface area contributed by atoms with Crippen LogP contribution in [0.25, 0.3) is 0 Å². The Bertz CT molecular complexity index is 549. The van der Waals surface area contributed by atoms with Crippen molar-refractivity contribution in [2.24, 2.45) is 0 Å². The smallest absolute Gasteiger partial charge is 0.0568 e. The highest BCUT2D eigenvalue weighted by molar-refractivity contribution is 5.74. The van der Waals surface area contributed by atoms with Crippen LogP contribution >= 0.6 is 0 Å². The first-order valence-electron chi connectivity index (χ1n) is 6.11. The van der Waals surface area contributed by atoms with Gasteiger partial charge in [-0.25, -0.2) is 0 Å². The molecule has 0 atom stereocenters. The van der Waals surface area contributed by atoms with Crippen molar-refractivity contribution >= 4 is 22.7 Å². The molecule has 94 valence electrons. The molecular formula is C15H19N3. The van der Waals surface area contributed by atoms with Gasteiger partial charge in [-0.3, -0.25) is 0 Å². The van der Waals surface area contributed by atoms with Gasteiger partial charge in [0.1, 0.15) is 0 Å². The van der Waals surface area contributed by atoms with Gasteiger partial charge in [-0.05, 0) is 43.7 Å². The van der Waals surface area contributed by atoms with E-state index in [4.69, 9.17) is 11.5 Å². The van der Waals surface area contributed by atoms with E-state index in [0.29, 0.717) is 11.4 Å². The molecule has 0 aliphatic carbocycles. The topological polar surface area (TPSA) is 55.3 Å². The van der Waals surface area contributed by atoms with E-state index in [1.807, 2.05) is 30.3 Å². The molecule has 2 rings (SSSR count). The van der Waals surface area contributed by atoms with Crippen molar-refractivity contribution in [2.75, 3.05) is 22.9 Å². The summed E-state index contributed by atoms with van der Waals surface area (Å²) >= 11 is 0. The summed E-state index contributed by atoms with van der Waals surface area (Å²) in [4.78, 5) is 2.23. The highest BCUT2D eigenvalue weighted by atomic mass is 15.1. The summed E-state index contributed by atoms with van der Waals surface area (Å²) in [5, 5.41) is 0. The lowest BCUT2D eigenvalue weighted by Crippen LogP contribution is -2.17. The van der Waals surface area contributed by atoms with Crippen LogP contribution in [0.2, 0.25) is 0 Å². The molecule has 0 fully saturated rings. The Morgan fingerprint density at radius 2 is 1.72 bits per heavy atom. The Morgan fingerprint density at radius 1 is 1.00 bits per heavy atom. The third kappa shape index (κ3) is 2.25. The quantitative estimate of drug-likeness (QED) is 0.810. The van der Waals surface area contributed by atoms with Crippen molar-refractivity contribution in [2.45, 2.75) is 13.8 Å². The normalized spacial score (nSPS) is 10.3. The third-order valence-corrected chi connectivity index (χ3v) is 3.10. The number of hydrogen-bond donors (Lipinski definition) is 2. The molecule has 0 aliphatic heterocycles. The van der Waals surface area contributed by atoms with E-state index in [9.17, 15) is 0 Å². The van der Waals surface area contributed by atoms with Crippen molar-refractivity contribution in [1.82, 2.24) is 0 Å². The molecule has 0 bridgehead atoms. The minimum absolute atomic E-state index is 0.625. The molecule has 2 aromatic carbocycles. The Morgan fingerprint density at radius 3 is 2.33 bits per heavy atom. The molecule has 4 N–H and O–H groups in total. The second kappa shape index (κ2) is 5.00. The van der Waals surface area contributed by atoms with Gasteiger partial charge in [0.15, 0.2) is 0 Å². The summed E-state index contributed by atoms with van der Waals surface area (Å²) in [6, 6.07) is 14.1. The zero-order valence-corrected chi connectivity index (χ0v) is 10.9. The number of anilines is 4. The number of para-hydroxylation sites is 1. The zero-order chi connectivity index (χ0) is 13.1. The number of nitrogens with zero attached hydrogens (tertiary/aromatic N) is 1. The van der Waals surface area contributed by atoms with E-state index in [0.717, 1.165) is 12.2 Å². The molecule has 0 spiro atoms. The van der Waals surface area contributed by atoms with E-state index in [1.165, 1.54) is 11.3 Å². The second-order valence-corrected chi connectivity index (χ2v) is 4.34. The maximum atomic E-state index is 5.88. The Labute approximate surface area is 108 Å². The molecule has 18 heavy (non-hydrogen) atoms. The molecule has 0 heterocycles. The number of aryl methyl sites for hydroxylation is 1. The highest BCUT2D eigenvalue weighted by Crippen LogP contribution is 2.30. The van der Waals surface area contributed by atoms with Crippen molar-refractivity contribution in [1.29, 1.82) is 0 Å². The van der Waals surface area contributed by atoms with E-state index in [1.54, 1.807) is 0 Å². The monoisotopic (exact) mass is 241 g/mol. The van der Waals surface area contributed by atoms with Crippen molar-refractivity contribution < 1.29 is 0 Å². The zero-order valence-electron chi connectivity index (χ0n) is 10.9. The lowest BCUT2D eigenvalue weighted by Gasteiger charge is -2.25. The molecule has 3 heteroatoms. The van der Waals surface area contributed by atoms with Crippen LogP contribution in [-0.2, 0) is 0 Å². The number of nitrogens with two attached hydrogens (primary N) is 2. The predicted molar refractivity (Wildman–Crippen MR) is 79.1 cm³/mol. The average Bonchev–Trinajstić information content (AvgIpc) is 2.37. The highest BCUT2D eigenvalue weighted by Gasteiger charge is 2.10. The largest absolute Gasteiger partial charge is 0.397 e. The Hall–Kier alpha value is -2.16. The van der Waals surface area contributed by atoms with Gasteiger partial charge in [0.05, 0.1) is 11.4 Å². The molecule has 0 saturated heterocycles. The molecule has 0 saturated carbocycles. The summed E-state index contributed by atoms with van der Waals surface area (Å²) in [6.07, 6.45) is 0. The van der Waals surface area contributed by atoms with Gasteiger partial charge >= 0.3 is 0 Å². The summed E-state index contributed by atoms with van der Waals surface area (Å²) in [5.41, 5.74) is 16.4. The van der Waals surface area contributed by atoms with E-state index in [2.05, 4.69) is 30.9 Å². The van der Waals surface area contributed by atoms with Crippen LogP contribution in [0.4, 0.5) is 22.7 Å². The van der Waals surface area contributed by atoms with E-state index in [-0.39, 0.29) is 0 Å². The van der Waals surface area contributed by atoms with Gasteiger partial charge in [-0.1, -0.05) is 18.2 Å². The number of nitrogen functional groups attached to an aromatic ring is 2. The number of rotatable bonds is 3. The van der Waals surface area contributed by atoms with E-state index < -0.39 is 0 Å². The molecule has 0 unspecified atom stereocenters. The number of benzene rings is 2.